The number of nitrogens with zero attached hydrogens (tertiary/aromatic N) is 3. The standard InChI is InChI=1S/C23H27FN4O2/c1-23(2,3)30-22(29)27-12-11-18(15-27)25-21-26-19-9-4-5-10-20(19)28(21)14-16-7-6-8-17(24)13-16/h4-10,13,18H,11-12,14-15H2,1-3H3,(H,25,26)/t18-/m1/s1. The summed E-state index contributed by atoms with van der Waals surface area (Å²) in [5.74, 6) is 0.465. The van der Waals surface area contributed by atoms with Gasteiger partial charge in [-0.05, 0) is 57.0 Å². The van der Waals surface area contributed by atoms with Crippen molar-refractivity contribution in [3.63, 3.8) is 0 Å². The van der Waals surface area contributed by atoms with Gasteiger partial charge in [-0.1, -0.05) is 24.3 Å². The average Bonchev–Trinajstić information content (AvgIpc) is 3.26. The number of halogens is 1. The second-order valence-electron chi connectivity index (χ2n) is 8.70. The van der Waals surface area contributed by atoms with Crippen LogP contribution in [0.1, 0.15) is 32.8 Å². The van der Waals surface area contributed by atoms with Crippen LogP contribution in [0.2, 0.25) is 0 Å². The van der Waals surface area contributed by atoms with E-state index in [1.165, 1.54) is 6.07 Å². The van der Waals surface area contributed by atoms with E-state index < -0.39 is 5.60 Å². The number of para-hydroxylation sites is 2. The highest BCUT2D eigenvalue weighted by Crippen LogP contribution is 2.24. The summed E-state index contributed by atoms with van der Waals surface area (Å²) in [6.07, 6.45) is 0.516. The Balaban J connectivity index is 1.54. The number of fused-ring (bicyclic) bond motifs is 1. The first-order chi connectivity index (χ1) is 14.3. The van der Waals surface area contributed by atoms with Crippen LogP contribution in [-0.4, -0.2) is 45.3 Å². The normalized spacial score (nSPS) is 16.8. The van der Waals surface area contributed by atoms with Gasteiger partial charge in [-0.2, -0.15) is 0 Å². The van der Waals surface area contributed by atoms with Crippen molar-refractivity contribution in [2.24, 2.45) is 0 Å². The van der Waals surface area contributed by atoms with E-state index in [1.54, 1.807) is 17.0 Å². The lowest BCUT2D eigenvalue weighted by Crippen LogP contribution is -2.36. The molecule has 158 valence electrons. The summed E-state index contributed by atoms with van der Waals surface area (Å²) >= 11 is 0. The van der Waals surface area contributed by atoms with Crippen molar-refractivity contribution in [2.45, 2.75) is 45.4 Å². The van der Waals surface area contributed by atoms with Crippen molar-refractivity contribution < 1.29 is 13.9 Å². The third-order valence-electron chi connectivity index (χ3n) is 5.06. The molecule has 0 unspecified atom stereocenters. The zero-order valence-corrected chi connectivity index (χ0v) is 17.6. The molecule has 30 heavy (non-hydrogen) atoms. The molecule has 1 saturated heterocycles. The number of carbonyl (C=O) groups is 1. The molecule has 1 fully saturated rings. The van der Waals surface area contributed by atoms with Gasteiger partial charge in [0, 0.05) is 19.1 Å². The Hall–Kier alpha value is -3.09. The molecular weight excluding hydrogens is 383 g/mol. The van der Waals surface area contributed by atoms with Crippen LogP contribution in [0.15, 0.2) is 48.5 Å². The fourth-order valence-corrected chi connectivity index (χ4v) is 3.72. The Morgan fingerprint density at radius 2 is 2.03 bits per heavy atom. The Labute approximate surface area is 175 Å². The molecule has 1 aliphatic heterocycles. The lowest BCUT2D eigenvalue weighted by Gasteiger charge is -2.24. The van der Waals surface area contributed by atoms with Gasteiger partial charge in [0.15, 0.2) is 0 Å². The minimum atomic E-state index is -0.512. The molecule has 0 aliphatic carbocycles. The van der Waals surface area contributed by atoms with Crippen LogP contribution in [0.4, 0.5) is 15.1 Å². The topological polar surface area (TPSA) is 59.4 Å². The van der Waals surface area contributed by atoms with Gasteiger partial charge in [-0.3, -0.25) is 0 Å². The molecule has 1 amide bonds. The van der Waals surface area contributed by atoms with Crippen molar-refractivity contribution in [1.29, 1.82) is 0 Å². The average molecular weight is 410 g/mol. The Morgan fingerprint density at radius 1 is 1.23 bits per heavy atom. The van der Waals surface area contributed by atoms with Crippen LogP contribution in [-0.2, 0) is 11.3 Å². The zero-order chi connectivity index (χ0) is 21.3. The van der Waals surface area contributed by atoms with Crippen LogP contribution < -0.4 is 5.32 Å². The predicted molar refractivity (Wildman–Crippen MR) is 115 cm³/mol. The number of anilines is 1. The minimum absolute atomic E-state index is 0.0700. The summed E-state index contributed by atoms with van der Waals surface area (Å²) in [5, 5.41) is 3.49. The number of carbonyl (C=O) groups excluding carboxylic acids is 1. The van der Waals surface area contributed by atoms with Crippen LogP contribution in [0.3, 0.4) is 0 Å². The number of likely N-dealkylation sites (tertiary alicyclic amines) is 1. The molecule has 7 heteroatoms. The Kier molecular flexibility index (Phi) is 5.37. The fraction of sp³-hybridized carbons (Fsp3) is 0.391. The third kappa shape index (κ3) is 4.56. The summed E-state index contributed by atoms with van der Waals surface area (Å²) in [6, 6.07) is 14.6. The maximum absolute atomic E-state index is 13.7. The summed E-state index contributed by atoms with van der Waals surface area (Å²) in [7, 11) is 0. The van der Waals surface area contributed by atoms with Gasteiger partial charge in [0.1, 0.15) is 11.4 Å². The highest BCUT2D eigenvalue weighted by Gasteiger charge is 2.30. The molecule has 2 heterocycles. The molecule has 0 saturated carbocycles. The first kappa shape index (κ1) is 20.2. The van der Waals surface area contributed by atoms with Crippen molar-refractivity contribution in [2.75, 3.05) is 18.4 Å². The molecule has 0 spiro atoms. The molecule has 0 bridgehead atoms. The summed E-state index contributed by atoms with van der Waals surface area (Å²) in [4.78, 5) is 18.8. The molecule has 4 rings (SSSR count). The number of benzene rings is 2. The van der Waals surface area contributed by atoms with E-state index >= 15 is 0 Å². The number of hydrogen-bond donors (Lipinski definition) is 1. The number of amides is 1. The number of hydrogen-bond acceptors (Lipinski definition) is 4. The number of nitrogens with one attached hydrogen (secondary N) is 1. The molecule has 1 aliphatic rings. The maximum atomic E-state index is 13.7. The van der Waals surface area contributed by atoms with Crippen LogP contribution in [0.25, 0.3) is 11.0 Å². The van der Waals surface area contributed by atoms with E-state index in [4.69, 9.17) is 9.72 Å². The van der Waals surface area contributed by atoms with Crippen molar-refractivity contribution in [3.8, 4) is 0 Å². The van der Waals surface area contributed by atoms with Crippen LogP contribution in [0.5, 0.6) is 0 Å². The zero-order valence-electron chi connectivity index (χ0n) is 17.6. The number of rotatable bonds is 4. The quantitative estimate of drug-likeness (QED) is 0.680. The smallest absolute Gasteiger partial charge is 0.410 e. The summed E-state index contributed by atoms with van der Waals surface area (Å²) in [6.45, 7) is 7.29. The lowest BCUT2D eigenvalue weighted by atomic mass is 10.2. The van der Waals surface area contributed by atoms with Gasteiger partial charge in [-0.15, -0.1) is 0 Å². The van der Waals surface area contributed by atoms with Gasteiger partial charge < -0.3 is 19.5 Å². The van der Waals surface area contributed by atoms with Gasteiger partial charge in [-0.25, -0.2) is 14.2 Å². The van der Waals surface area contributed by atoms with Gasteiger partial charge >= 0.3 is 6.09 Å². The summed E-state index contributed by atoms with van der Waals surface area (Å²) in [5.41, 5.74) is 2.20. The van der Waals surface area contributed by atoms with E-state index in [2.05, 4.69) is 9.88 Å². The molecule has 0 radical (unpaired) electrons. The minimum Gasteiger partial charge on any atom is -0.444 e. The van der Waals surface area contributed by atoms with E-state index in [-0.39, 0.29) is 18.0 Å². The maximum Gasteiger partial charge on any atom is 0.410 e. The molecule has 2 aromatic carbocycles. The first-order valence-corrected chi connectivity index (χ1v) is 10.2. The monoisotopic (exact) mass is 410 g/mol. The highest BCUT2D eigenvalue weighted by atomic mass is 19.1. The third-order valence-corrected chi connectivity index (χ3v) is 5.06. The Morgan fingerprint density at radius 3 is 2.80 bits per heavy atom. The van der Waals surface area contributed by atoms with E-state index in [0.29, 0.717) is 19.6 Å². The molecule has 1 aromatic heterocycles. The molecule has 1 atom stereocenters. The van der Waals surface area contributed by atoms with Gasteiger partial charge in [0.2, 0.25) is 5.95 Å². The Bertz CT molecular complexity index is 1060. The van der Waals surface area contributed by atoms with Crippen LogP contribution >= 0.6 is 0 Å². The van der Waals surface area contributed by atoms with Crippen LogP contribution in [0, 0.1) is 5.82 Å². The largest absolute Gasteiger partial charge is 0.444 e. The molecule has 3 aromatic rings. The van der Waals surface area contributed by atoms with Gasteiger partial charge in [0.25, 0.3) is 0 Å². The highest BCUT2D eigenvalue weighted by molar-refractivity contribution is 5.79. The van der Waals surface area contributed by atoms with Crippen molar-refractivity contribution in [3.05, 3.63) is 59.9 Å². The SMILES string of the molecule is CC(C)(C)OC(=O)N1CC[C@@H](Nc2nc3ccccc3n2Cc2cccc(F)c2)C1. The van der Waals surface area contributed by atoms with Gasteiger partial charge in [0.05, 0.1) is 17.6 Å². The molecule has 1 N–H and O–H groups in total. The number of ether oxygens (including phenoxy) is 1. The van der Waals surface area contributed by atoms with Crippen molar-refractivity contribution in [1.82, 2.24) is 14.5 Å². The number of aromatic nitrogens is 2. The second-order valence-corrected chi connectivity index (χ2v) is 8.70. The molecular formula is C23H27FN4O2. The first-order valence-electron chi connectivity index (χ1n) is 10.2. The number of imidazole rings is 1. The second kappa shape index (κ2) is 7.97. The predicted octanol–water partition coefficient (Wildman–Crippen LogP) is 4.65. The van der Waals surface area contributed by atoms with E-state index in [0.717, 1.165) is 29.0 Å². The van der Waals surface area contributed by atoms with Crippen molar-refractivity contribution >= 4 is 23.1 Å². The fourth-order valence-electron chi connectivity index (χ4n) is 3.72. The van der Waals surface area contributed by atoms with E-state index in [9.17, 15) is 9.18 Å². The lowest BCUT2D eigenvalue weighted by molar-refractivity contribution is 0.0293. The molecule has 6 nitrogen and oxygen atoms in total. The van der Waals surface area contributed by atoms with E-state index in [1.807, 2.05) is 51.1 Å². The summed E-state index contributed by atoms with van der Waals surface area (Å²) < 4.78 is 21.2.